The molecule has 0 bridgehead atoms. The molecule has 1 aliphatic rings. The molecule has 2 aromatic carbocycles. The number of carbonyl (C=O) groups excluding carboxylic acids is 1. The Balaban J connectivity index is 2.09. The number of hydrogen-bond donors (Lipinski definition) is 1. The number of hydrazone groups is 1. The summed E-state index contributed by atoms with van der Waals surface area (Å²) in [5, 5.41) is 5.29. The van der Waals surface area contributed by atoms with Crippen molar-refractivity contribution >= 4 is 11.6 Å². The lowest BCUT2D eigenvalue weighted by molar-refractivity contribution is -0.136. The van der Waals surface area contributed by atoms with E-state index in [4.69, 9.17) is 5.84 Å². The van der Waals surface area contributed by atoms with E-state index in [0.29, 0.717) is 0 Å². The normalized spacial score (nSPS) is 22.6. The van der Waals surface area contributed by atoms with Gasteiger partial charge >= 0.3 is 0 Å². The summed E-state index contributed by atoms with van der Waals surface area (Å²) in [7, 11) is 0. The van der Waals surface area contributed by atoms with Crippen LogP contribution in [0.1, 0.15) is 30.9 Å². The van der Waals surface area contributed by atoms with Gasteiger partial charge in [-0.2, -0.15) is 10.2 Å². The number of hydrazine groups is 1. The van der Waals surface area contributed by atoms with Crippen molar-refractivity contribution in [1.29, 1.82) is 0 Å². The Hall–Kier alpha value is -2.46. The van der Waals surface area contributed by atoms with Crippen molar-refractivity contribution in [2.45, 2.75) is 19.8 Å². The van der Waals surface area contributed by atoms with Crippen LogP contribution in [0.2, 0.25) is 0 Å². The molecule has 4 nitrogen and oxygen atoms in total. The first-order valence-electron chi connectivity index (χ1n) is 7.34. The second-order valence-electron chi connectivity index (χ2n) is 5.80. The molecule has 4 heteroatoms. The van der Waals surface area contributed by atoms with E-state index in [2.05, 4.69) is 5.10 Å². The molecule has 0 aliphatic carbocycles. The van der Waals surface area contributed by atoms with Gasteiger partial charge in [0.2, 0.25) is 0 Å². The smallest absolute Gasteiger partial charge is 0.270 e. The van der Waals surface area contributed by atoms with Crippen LogP contribution in [0.25, 0.3) is 0 Å². The maximum atomic E-state index is 12.7. The Labute approximate surface area is 130 Å². The van der Waals surface area contributed by atoms with Crippen LogP contribution in [0.3, 0.4) is 0 Å². The predicted octanol–water partition coefficient (Wildman–Crippen LogP) is 2.92. The van der Waals surface area contributed by atoms with Crippen molar-refractivity contribution in [2.24, 2.45) is 16.4 Å². The molecule has 1 amide bonds. The third-order valence-corrected chi connectivity index (χ3v) is 4.56. The van der Waals surface area contributed by atoms with Crippen LogP contribution in [0.4, 0.5) is 0 Å². The third-order valence-electron chi connectivity index (χ3n) is 4.56. The van der Waals surface area contributed by atoms with Crippen molar-refractivity contribution in [3.63, 3.8) is 0 Å². The minimum Gasteiger partial charge on any atom is -0.270 e. The maximum absolute atomic E-state index is 12.7. The van der Waals surface area contributed by atoms with Crippen LogP contribution in [0, 0.1) is 5.41 Å². The fraction of sp³-hybridized carbons (Fsp3) is 0.222. The van der Waals surface area contributed by atoms with Gasteiger partial charge in [-0.05, 0) is 18.1 Å². The summed E-state index contributed by atoms with van der Waals surface area (Å²) in [5.41, 5.74) is 1.96. The highest BCUT2D eigenvalue weighted by Gasteiger charge is 2.51. The largest absolute Gasteiger partial charge is 0.270 e. The Morgan fingerprint density at radius 3 is 2.18 bits per heavy atom. The average Bonchev–Trinajstić information content (AvgIpc) is 2.81. The molecule has 0 radical (unpaired) electrons. The molecule has 2 atom stereocenters. The van der Waals surface area contributed by atoms with Crippen LogP contribution >= 0.6 is 0 Å². The quantitative estimate of drug-likeness (QED) is 0.698. The number of benzene rings is 2. The zero-order valence-electron chi connectivity index (χ0n) is 12.7. The molecule has 1 aliphatic heterocycles. The number of nitrogens with two attached hydrogens (primary N) is 1. The van der Waals surface area contributed by atoms with Crippen molar-refractivity contribution in [3.05, 3.63) is 71.8 Å². The van der Waals surface area contributed by atoms with Gasteiger partial charge in [0, 0.05) is 5.92 Å². The summed E-state index contributed by atoms with van der Waals surface area (Å²) in [6.45, 7) is 3.97. The zero-order chi connectivity index (χ0) is 15.7. The second-order valence-corrected chi connectivity index (χ2v) is 5.80. The Bertz CT molecular complexity index is 712. The van der Waals surface area contributed by atoms with Crippen molar-refractivity contribution in [1.82, 2.24) is 5.12 Å². The molecule has 0 spiro atoms. The first-order chi connectivity index (χ1) is 10.5. The minimum atomic E-state index is -0.780. The predicted molar refractivity (Wildman–Crippen MR) is 87.0 cm³/mol. The SMILES string of the molecule is CC(c1ccccc1)C1(C)C(=O)N(N)N=C1c1ccccc1. The van der Waals surface area contributed by atoms with Crippen molar-refractivity contribution in [2.75, 3.05) is 0 Å². The van der Waals surface area contributed by atoms with E-state index >= 15 is 0 Å². The third kappa shape index (κ3) is 2.12. The van der Waals surface area contributed by atoms with Gasteiger partial charge in [0.1, 0.15) is 5.41 Å². The fourth-order valence-corrected chi connectivity index (χ4v) is 3.02. The monoisotopic (exact) mass is 293 g/mol. The van der Waals surface area contributed by atoms with E-state index in [0.717, 1.165) is 22.0 Å². The molecular weight excluding hydrogens is 274 g/mol. The Morgan fingerprint density at radius 2 is 1.59 bits per heavy atom. The van der Waals surface area contributed by atoms with Crippen LogP contribution < -0.4 is 5.84 Å². The fourth-order valence-electron chi connectivity index (χ4n) is 3.02. The summed E-state index contributed by atoms with van der Waals surface area (Å²) in [5.74, 6) is 5.58. The van der Waals surface area contributed by atoms with E-state index < -0.39 is 5.41 Å². The number of hydrogen-bond acceptors (Lipinski definition) is 3. The average molecular weight is 293 g/mol. The lowest BCUT2D eigenvalue weighted by Gasteiger charge is -2.31. The molecule has 112 valence electrons. The number of rotatable bonds is 3. The lowest BCUT2D eigenvalue weighted by atomic mass is 9.69. The highest BCUT2D eigenvalue weighted by atomic mass is 16.2. The molecule has 2 N–H and O–H groups in total. The van der Waals surface area contributed by atoms with Gasteiger partial charge in [-0.25, -0.2) is 5.84 Å². The summed E-state index contributed by atoms with van der Waals surface area (Å²) in [6.07, 6.45) is 0. The number of carbonyl (C=O) groups is 1. The molecule has 1 heterocycles. The van der Waals surface area contributed by atoms with Gasteiger partial charge in [0.25, 0.3) is 5.91 Å². The van der Waals surface area contributed by atoms with Gasteiger partial charge in [0.15, 0.2) is 0 Å². The molecule has 22 heavy (non-hydrogen) atoms. The molecule has 0 aromatic heterocycles. The Morgan fingerprint density at radius 1 is 1.05 bits per heavy atom. The van der Waals surface area contributed by atoms with Gasteiger partial charge in [-0.1, -0.05) is 67.6 Å². The topological polar surface area (TPSA) is 58.7 Å². The highest BCUT2D eigenvalue weighted by Crippen LogP contribution is 2.43. The molecule has 0 fully saturated rings. The summed E-state index contributed by atoms with van der Waals surface area (Å²) in [4.78, 5) is 12.7. The van der Waals surface area contributed by atoms with E-state index in [1.807, 2.05) is 74.5 Å². The van der Waals surface area contributed by atoms with Crippen LogP contribution in [-0.2, 0) is 4.79 Å². The van der Waals surface area contributed by atoms with Gasteiger partial charge < -0.3 is 0 Å². The summed E-state index contributed by atoms with van der Waals surface area (Å²) in [6, 6.07) is 19.7. The molecule has 3 rings (SSSR count). The highest BCUT2D eigenvalue weighted by molar-refractivity contribution is 6.20. The van der Waals surface area contributed by atoms with Crippen LogP contribution in [0.15, 0.2) is 65.8 Å². The number of nitrogens with zero attached hydrogens (tertiary/aromatic N) is 2. The second kappa shape index (κ2) is 5.39. The zero-order valence-corrected chi connectivity index (χ0v) is 12.7. The van der Waals surface area contributed by atoms with Gasteiger partial charge in [-0.15, -0.1) is 0 Å². The summed E-state index contributed by atoms with van der Waals surface area (Å²) < 4.78 is 0. The first-order valence-corrected chi connectivity index (χ1v) is 7.34. The number of amides is 1. The molecule has 0 saturated carbocycles. The van der Waals surface area contributed by atoms with E-state index in [1.54, 1.807) is 0 Å². The van der Waals surface area contributed by atoms with E-state index in [-0.39, 0.29) is 11.8 Å². The summed E-state index contributed by atoms with van der Waals surface area (Å²) >= 11 is 0. The lowest BCUT2D eigenvalue weighted by Crippen LogP contribution is -2.43. The molecule has 0 saturated heterocycles. The van der Waals surface area contributed by atoms with Crippen LogP contribution in [-0.4, -0.2) is 16.7 Å². The molecular formula is C18H19N3O. The standard InChI is InChI=1S/C18H19N3O/c1-13(14-9-5-3-6-10-14)18(2)16(20-21(19)17(18)22)15-11-7-4-8-12-15/h3-13H,19H2,1-2H3. The van der Waals surface area contributed by atoms with Crippen molar-refractivity contribution in [3.8, 4) is 0 Å². The van der Waals surface area contributed by atoms with Gasteiger partial charge in [-0.3, -0.25) is 4.79 Å². The maximum Gasteiger partial charge on any atom is 0.270 e. The van der Waals surface area contributed by atoms with Crippen LogP contribution in [0.5, 0.6) is 0 Å². The first kappa shape index (κ1) is 14.5. The minimum absolute atomic E-state index is 0.0336. The Kier molecular flexibility index (Phi) is 3.54. The van der Waals surface area contributed by atoms with E-state index in [1.165, 1.54) is 0 Å². The van der Waals surface area contributed by atoms with E-state index in [9.17, 15) is 4.79 Å². The van der Waals surface area contributed by atoms with Gasteiger partial charge in [0.05, 0.1) is 5.71 Å². The molecule has 2 aromatic rings. The molecule has 2 unspecified atom stereocenters. The van der Waals surface area contributed by atoms with Crippen molar-refractivity contribution < 1.29 is 4.79 Å².